The van der Waals surface area contributed by atoms with Crippen LogP contribution in [0.3, 0.4) is 0 Å². The summed E-state index contributed by atoms with van der Waals surface area (Å²) in [7, 11) is -4.21. The van der Waals surface area contributed by atoms with Gasteiger partial charge >= 0.3 is 0 Å². The highest BCUT2D eigenvalue weighted by atomic mass is 79.9. The van der Waals surface area contributed by atoms with Crippen molar-refractivity contribution < 1.29 is 13.5 Å². The Kier molecular flexibility index (Phi) is 5.07. The van der Waals surface area contributed by atoms with Crippen molar-refractivity contribution in [2.45, 2.75) is 4.90 Å². The maximum atomic E-state index is 13.8. The molecule has 0 atom stereocenters. The van der Waals surface area contributed by atoms with Crippen molar-refractivity contribution in [3.05, 3.63) is 81.2 Å². The third kappa shape index (κ3) is 3.45. The molecule has 5 rings (SSSR count). The Balaban J connectivity index is 1.87. The Bertz CT molecular complexity index is 1570. The Morgan fingerprint density at radius 2 is 1.71 bits per heavy atom. The first-order valence-corrected chi connectivity index (χ1v) is 12.8. The number of phenolic OH excluding ortho intramolecular Hbond substituents is 1. The van der Waals surface area contributed by atoms with Crippen LogP contribution >= 0.6 is 50.5 Å². The minimum atomic E-state index is -4.21. The molecule has 0 spiro atoms. The zero-order valence-corrected chi connectivity index (χ0v) is 20.2. The van der Waals surface area contributed by atoms with Crippen molar-refractivity contribution in [1.82, 2.24) is 3.97 Å². The molecule has 1 N–H and O–H groups in total. The van der Waals surface area contributed by atoms with Gasteiger partial charge in [0, 0.05) is 19.6 Å². The summed E-state index contributed by atoms with van der Waals surface area (Å²) in [4.78, 5) is 0.486. The molecule has 0 aliphatic carbocycles. The minimum Gasteiger partial charge on any atom is -0.505 e. The molecule has 0 radical (unpaired) electrons. The minimum absolute atomic E-state index is 0.0594. The molecule has 2 aromatic heterocycles. The molecule has 3 aromatic carbocycles. The molecule has 0 bridgehead atoms. The smallest absolute Gasteiger partial charge is 0.272 e. The molecule has 156 valence electrons. The molecular formula is C22H12BrCl2NO3S2. The van der Waals surface area contributed by atoms with Crippen molar-refractivity contribution in [2.24, 2.45) is 0 Å². The molecule has 0 unspecified atom stereocenters. The highest BCUT2D eigenvalue weighted by Gasteiger charge is 2.28. The van der Waals surface area contributed by atoms with Crippen LogP contribution < -0.4 is 0 Å². The van der Waals surface area contributed by atoms with E-state index in [9.17, 15) is 13.5 Å². The van der Waals surface area contributed by atoms with E-state index in [0.717, 1.165) is 15.0 Å². The van der Waals surface area contributed by atoms with Crippen molar-refractivity contribution in [2.75, 3.05) is 0 Å². The van der Waals surface area contributed by atoms with Gasteiger partial charge in [-0.3, -0.25) is 0 Å². The largest absolute Gasteiger partial charge is 0.505 e. The van der Waals surface area contributed by atoms with Crippen LogP contribution in [0.15, 0.2) is 76.1 Å². The molecule has 4 nitrogen and oxygen atoms in total. The second-order valence-corrected chi connectivity index (χ2v) is 11.5. The van der Waals surface area contributed by atoms with Crippen molar-refractivity contribution >= 4 is 81.5 Å². The van der Waals surface area contributed by atoms with Gasteiger partial charge in [-0.15, -0.1) is 11.3 Å². The van der Waals surface area contributed by atoms with Crippen LogP contribution in [-0.4, -0.2) is 17.5 Å². The summed E-state index contributed by atoms with van der Waals surface area (Å²) in [6, 6.07) is 19.4. The van der Waals surface area contributed by atoms with Gasteiger partial charge in [-0.1, -0.05) is 57.3 Å². The fourth-order valence-corrected chi connectivity index (χ4v) is 7.52. The van der Waals surface area contributed by atoms with E-state index in [1.807, 2.05) is 30.3 Å². The first-order chi connectivity index (χ1) is 14.8. The van der Waals surface area contributed by atoms with E-state index < -0.39 is 15.8 Å². The number of benzene rings is 3. The van der Waals surface area contributed by atoms with E-state index in [-0.39, 0.29) is 9.92 Å². The summed E-state index contributed by atoms with van der Waals surface area (Å²) in [5, 5.41) is 12.6. The van der Waals surface area contributed by atoms with Crippen LogP contribution in [-0.2, 0) is 10.0 Å². The summed E-state index contributed by atoms with van der Waals surface area (Å²) < 4.78 is 30.4. The Morgan fingerprint density at radius 1 is 0.935 bits per heavy atom. The van der Waals surface area contributed by atoms with Crippen LogP contribution in [0.2, 0.25) is 10.0 Å². The molecule has 31 heavy (non-hydrogen) atoms. The predicted molar refractivity (Wildman–Crippen MR) is 131 cm³/mol. The second kappa shape index (κ2) is 7.53. The van der Waals surface area contributed by atoms with Crippen molar-refractivity contribution in [3.63, 3.8) is 0 Å². The molecule has 0 saturated carbocycles. The number of nitrogens with zero attached hydrogens (tertiary/aromatic N) is 1. The van der Waals surface area contributed by atoms with Gasteiger partial charge in [-0.25, -0.2) is 12.4 Å². The van der Waals surface area contributed by atoms with Crippen LogP contribution in [0.1, 0.15) is 0 Å². The summed E-state index contributed by atoms with van der Waals surface area (Å²) in [5.74, 6) is -0.497. The fraction of sp³-hybridized carbons (Fsp3) is 0. The summed E-state index contributed by atoms with van der Waals surface area (Å²) in [6.45, 7) is 0. The monoisotopic (exact) mass is 551 g/mol. The molecule has 0 aliphatic heterocycles. The van der Waals surface area contributed by atoms with Crippen LogP contribution in [0, 0.1) is 0 Å². The van der Waals surface area contributed by atoms with Gasteiger partial charge in [0.15, 0.2) is 5.75 Å². The fourth-order valence-electron chi connectivity index (χ4n) is 3.54. The quantitative estimate of drug-likeness (QED) is 0.251. The van der Waals surface area contributed by atoms with Gasteiger partial charge in [0.1, 0.15) is 4.90 Å². The molecule has 0 saturated heterocycles. The lowest BCUT2D eigenvalue weighted by molar-refractivity contribution is 0.458. The van der Waals surface area contributed by atoms with E-state index in [4.69, 9.17) is 23.2 Å². The van der Waals surface area contributed by atoms with Crippen molar-refractivity contribution in [1.29, 1.82) is 0 Å². The molecule has 2 heterocycles. The third-order valence-corrected chi connectivity index (χ3v) is 8.77. The maximum Gasteiger partial charge on any atom is 0.272 e. The standard InChI is InChI=1S/C22H12BrCl2NO3S2/c23-14-10-16(25)22(27)21(11-14)31(28,29)26-17-6-5-15(24)7-13(17)8-18(26)20-9-12-3-1-2-4-19(12)30-20/h1-11,27H. The van der Waals surface area contributed by atoms with Gasteiger partial charge in [0.2, 0.25) is 0 Å². The number of hydrogen-bond acceptors (Lipinski definition) is 4. The summed E-state index contributed by atoms with van der Waals surface area (Å²) >= 11 is 17.0. The lowest BCUT2D eigenvalue weighted by Gasteiger charge is -2.13. The number of halogens is 3. The number of fused-ring (bicyclic) bond motifs is 2. The highest BCUT2D eigenvalue weighted by Crippen LogP contribution is 2.41. The normalized spacial score (nSPS) is 12.1. The zero-order chi connectivity index (χ0) is 21.9. The number of thiophene rings is 1. The number of phenols is 1. The average Bonchev–Trinajstić information content (AvgIpc) is 3.31. The van der Waals surface area contributed by atoms with Gasteiger partial charge in [0.25, 0.3) is 10.0 Å². The molecular weight excluding hydrogens is 541 g/mol. The second-order valence-electron chi connectivity index (χ2n) is 6.88. The molecule has 0 amide bonds. The number of aromatic hydroxyl groups is 1. The van der Waals surface area contributed by atoms with Crippen LogP contribution in [0.4, 0.5) is 0 Å². The van der Waals surface area contributed by atoms with Crippen LogP contribution in [0.25, 0.3) is 31.6 Å². The topological polar surface area (TPSA) is 59.3 Å². The van der Waals surface area contributed by atoms with Gasteiger partial charge in [-0.05, 0) is 53.9 Å². The van der Waals surface area contributed by atoms with E-state index in [2.05, 4.69) is 15.9 Å². The zero-order valence-electron chi connectivity index (χ0n) is 15.5. The van der Waals surface area contributed by atoms with E-state index in [0.29, 0.717) is 26.1 Å². The number of hydrogen-bond donors (Lipinski definition) is 1. The lowest BCUT2D eigenvalue weighted by atomic mass is 10.2. The van der Waals surface area contributed by atoms with E-state index in [1.165, 1.54) is 27.4 Å². The summed E-state index contributed by atoms with van der Waals surface area (Å²) in [6.07, 6.45) is 0. The number of rotatable bonds is 3. The average molecular weight is 553 g/mol. The predicted octanol–water partition coefficient (Wildman–Crippen LogP) is 7.53. The van der Waals surface area contributed by atoms with Gasteiger partial charge in [0.05, 0.1) is 21.1 Å². The van der Waals surface area contributed by atoms with Gasteiger partial charge < -0.3 is 5.11 Å². The van der Waals surface area contributed by atoms with Crippen LogP contribution in [0.5, 0.6) is 5.75 Å². The molecule has 0 aliphatic rings. The number of aromatic nitrogens is 1. The van der Waals surface area contributed by atoms with Crippen molar-refractivity contribution in [3.8, 4) is 16.3 Å². The third-order valence-electron chi connectivity index (χ3n) is 4.91. The maximum absolute atomic E-state index is 13.8. The Labute approximate surface area is 200 Å². The Morgan fingerprint density at radius 3 is 2.48 bits per heavy atom. The molecule has 0 fully saturated rings. The highest BCUT2D eigenvalue weighted by molar-refractivity contribution is 9.10. The summed E-state index contributed by atoms with van der Waals surface area (Å²) in [5.41, 5.74) is 0.932. The molecule has 9 heteroatoms. The van der Waals surface area contributed by atoms with Gasteiger partial charge in [-0.2, -0.15) is 0 Å². The van der Waals surface area contributed by atoms with E-state index in [1.54, 1.807) is 24.3 Å². The SMILES string of the molecule is O=S(=O)(c1cc(Br)cc(Cl)c1O)n1c(-c2cc3ccccc3s2)cc2cc(Cl)ccc21. The molecule has 5 aromatic rings. The first kappa shape index (κ1) is 20.8. The Hall–Kier alpha value is -2.03. The first-order valence-electron chi connectivity index (χ1n) is 8.99. The lowest BCUT2D eigenvalue weighted by Crippen LogP contribution is -2.14. The van der Waals surface area contributed by atoms with E-state index >= 15 is 0 Å².